The largest absolute Gasteiger partial charge is 0.462 e. The Morgan fingerprint density at radius 3 is 1.36 bits per heavy atom. The molecule has 1 N–H and O–H groups in total. The van der Waals surface area contributed by atoms with Crippen LogP contribution in [0, 0.1) is 0 Å². The van der Waals surface area contributed by atoms with Crippen molar-refractivity contribution in [3.8, 4) is 0 Å². The van der Waals surface area contributed by atoms with Gasteiger partial charge in [-0.3, -0.25) is 9.59 Å². The van der Waals surface area contributed by atoms with Gasteiger partial charge in [-0.2, -0.15) is 0 Å². The lowest BCUT2D eigenvalue weighted by Crippen LogP contribution is -2.28. The number of carbonyl (C=O) groups excluding carboxylic acids is 2. The maximum absolute atomic E-state index is 12.1. The van der Waals surface area contributed by atoms with Crippen LogP contribution in [-0.2, 0) is 19.1 Å². The molecule has 42 heavy (non-hydrogen) atoms. The lowest BCUT2D eigenvalue weighted by atomic mass is 10.0. The van der Waals surface area contributed by atoms with E-state index in [1.807, 2.05) is 0 Å². The highest BCUT2D eigenvalue weighted by Gasteiger charge is 2.16. The highest BCUT2D eigenvalue weighted by Crippen LogP contribution is 2.15. The number of aliphatic hydroxyl groups excluding tert-OH is 1. The van der Waals surface area contributed by atoms with E-state index in [0.717, 1.165) is 44.9 Å². The second-order valence-corrected chi connectivity index (χ2v) is 12.3. The van der Waals surface area contributed by atoms with E-state index in [4.69, 9.17) is 9.47 Å². The number of hydrogen-bond donors (Lipinski definition) is 1. The van der Waals surface area contributed by atoms with E-state index in [1.54, 1.807) is 0 Å². The van der Waals surface area contributed by atoms with Gasteiger partial charge >= 0.3 is 11.9 Å². The number of allylic oxidation sites excluding steroid dienone is 2. The van der Waals surface area contributed by atoms with Gasteiger partial charge in [-0.25, -0.2) is 0 Å². The summed E-state index contributed by atoms with van der Waals surface area (Å²) in [5, 5.41) is 9.51. The Hall–Kier alpha value is -1.36. The average Bonchev–Trinajstić information content (AvgIpc) is 2.99. The molecule has 0 aliphatic heterocycles. The van der Waals surface area contributed by atoms with E-state index in [-0.39, 0.29) is 25.2 Å². The molecule has 0 radical (unpaired) electrons. The molecule has 0 saturated heterocycles. The second-order valence-electron chi connectivity index (χ2n) is 12.3. The molecule has 0 aliphatic rings. The summed E-state index contributed by atoms with van der Waals surface area (Å²) in [5.41, 5.74) is 0. The molecule has 0 aromatic rings. The molecule has 0 rings (SSSR count). The monoisotopic (exact) mass is 595 g/mol. The van der Waals surface area contributed by atoms with Crippen LogP contribution in [0.3, 0.4) is 0 Å². The predicted octanol–water partition coefficient (Wildman–Crippen LogP) is 11.0. The minimum atomic E-state index is -0.766. The minimum Gasteiger partial charge on any atom is -0.462 e. The predicted molar refractivity (Wildman–Crippen MR) is 178 cm³/mol. The van der Waals surface area contributed by atoms with Gasteiger partial charge < -0.3 is 14.6 Å². The van der Waals surface area contributed by atoms with E-state index in [9.17, 15) is 14.7 Å². The third-order valence-corrected chi connectivity index (χ3v) is 8.06. The molecule has 0 aromatic carbocycles. The van der Waals surface area contributed by atoms with E-state index >= 15 is 0 Å². The molecule has 0 aromatic heterocycles. The Bertz CT molecular complexity index is 603. The highest BCUT2D eigenvalue weighted by atomic mass is 16.6. The summed E-state index contributed by atoms with van der Waals surface area (Å²) < 4.78 is 10.6. The Kier molecular flexibility index (Phi) is 33.0. The van der Waals surface area contributed by atoms with Crippen molar-refractivity contribution in [2.75, 3.05) is 13.2 Å². The van der Waals surface area contributed by atoms with Crippen LogP contribution in [0.5, 0.6) is 0 Å². The Morgan fingerprint density at radius 2 is 0.905 bits per heavy atom. The third kappa shape index (κ3) is 31.6. The van der Waals surface area contributed by atoms with Gasteiger partial charge in [0.25, 0.3) is 0 Å². The number of rotatable bonds is 33. The standard InChI is InChI=1S/C37H70O5/c1-3-5-7-9-11-13-15-16-17-18-19-20-22-24-26-28-30-32-37(40)42-35(33-38)34-41-36(39)31-29-27-25-23-21-14-12-10-8-6-4-2/h10,12,35,38H,3-9,11,13-34H2,1-2H3/b12-10+/t35-/m0/s1. The van der Waals surface area contributed by atoms with Crippen LogP contribution in [0.1, 0.15) is 194 Å². The topological polar surface area (TPSA) is 72.8 Å². The second kappa shape index (κ2) is 34.1. The van der Waals surface area contributed by atoms with Crippen molar-refractivity contribution in [1.82, 2.24) is 0 Å². The van der Waals surface area contributed by atoms with Gasteiger partial charge in [0, 0.05) is 12.8 Å². The van der Waals surface area contributed by atoms with Gasteiger partial charge in [0.1, 0.15) is 6.61 Å². The third-order valence-electron chi connectivity index (χ3n) is 8.06. The summed E-state index contributed by atoms with van der Waals surface area (Å²) in [4.78, 5) is 24.1. The first-order valence-corrected chi connectivity index (χ1v) is 18.2. The fraction of sp³-hybridized carbons (Fsp3) is 0.892. The van der Waals surface area contributed by atoms with E-state index < -0.39 is 6.10 Å². The number of aliphatic hydroxyl groups is 1. The first kappa shape index (κ1) is 40.6. The van der Waals surface area contributed by atoms with Crippen molar-refractivity contribution < 1.29 is 24.2 Å². The van der Waals surface area contributed by atoms with Crippen molar-refractivity contribution >= 4 is 11.9 Å². The highest BCUT2D eigenvalue weighted by molar-refractivity contribution is 5.70. The molecular weight excluding hydrogens is 524 g/mol. The number of esters is 2. The first-order chi connectivity index (χ1) is 20.6. The van der Waals surface area contributed by atoms with Crippen LogP contribution in [-0.4, -0.2) is 36.4 Å². The van der Waals surface area contributed by atoms with Crippen molar-refractivity contribution in [1.29, 1.82) is 0 Å². The van der Waals surface area contributed by atoms with Crippen LogP contribution >= 0.6 is 0 Å². The Morgan fingerprint density at radius 1 is 0.524 bits per heavy atom. The molecule has 0 bridgehead atoms. The van der Waals surface area contributed by atoms with E-state index in [1.165, 1.54) is 122 Å². The van der Waals surface area contributed by atoms with Crippen LogP contribution < -0.4 is 0 Å². The number of ether oxygens (including phenoxy) is 2. The van der Waals surface area contributed by atoms with Gasteiger partial charge in [0.2, 0.25) is 0 Å². The zero-order valence-corrected chi connectivity index (χ0v) is 28.0. The van der Waals surface area contributed by atoms with Gasteiger partial charge in [-0.05, 0) is 32.1 Å². The van der Waals surface area contributed by atoms with Crippen LogP contribution in [0.4, 0.5) is 0 Å². The molecule has 0 unspecified atom stereocenters. The van der Waals surface area contributed by atoms with Crippen molar-refractivity contribution in [3.05, 3.63) is 12.2 Å². The molecule has 0 saturated carbocycles. The maximum atomic E-state index is 12.1. The Labute approximate surface area is 261 Å². The van der Waals surface area contributed by atoms with Crippen LogP contribution in [0.15, 0.2) is 12.2 Å². The smallest absolute Gasteiger partial charge is 0.306 e. The van der Waals surface area contributed by atoms with Crippen molar-refractivity contribution in [2.24, 2.45) is 0 Å². The molecule has 0 amide bonds. The lowest BCUT2D eigenvalue weighted by molar-refractivity contribution is -0.161. The van der Waals surface area contributed by atoms with Crippen molar-refractivity contribution in [3.63, 3.8) is 0 Å². The first-order valence-electron chi connectivity index (χ1n) is 18.2. The zero-order valence-electron chi connectivity index (χ0n) is 28.0. The summed E-state index contributed by atoms with van der Waals surface area (Å²) in [7, 11) is 0. The number of hydrogen-bond acceptors (Lipinski definition) is 5. The molecule has 0 spiro atoms. The quantitative estimate of drug-likeness (QED) is 0.0465. The lowest BCUT2D eigenvalue weighted by Gasteiger charge is -2.15. The molecule has 0 fully saturated rings. The van der Waals surface area contributed by atoms with Gasteiger partial charge in [-0.15, -0.1) is 0 Å². The summed E-state index contributed by atoms with van der Waals surface area (Å²) in [6.07, 6.45) is 37.0. The molecule has 5 heteroatoms. The SMILES string of the molecule is CCCC/C=C/CCCCCCCC(=O)OC[C@H](CO)OC(=O)CCCCCCCCCCCCCCCCCCC. The molecule has 248 valence electrons. The summed E-state index contributed by atoms with van der Waals surface area (Å²) in [6.45, 7) is 4.10. The van der Waals surface area contributed by atoms with Gasteiger partial charge in [0.15, 0.2) is 6.10 Å². The normalized spacial score (nSPS) is 12.2. The fourth-order valence-corrected chi connectivity index (χ4v) is 5.24. The molecular formula is C37H70O5. The molecule has 0 aliphatic carbocycles. The fourth-order valence-electron chi connectivity index (χ4n) is 5.24. The maximum Gasteiger partial charge on any atom is 0.306 e. The summed E-state index contributed by atoms with van der Waals surface area (Å²) >= 11 is 0. The molecule has 0 heterocycles. The minimum absolute atomic E-state index is 0.0650. The van der Waals surface area contributed by atoms with Gasteiger partial charge in [-0.1, -0.05) is 161 Å². The van der Waals surface area contributed by atoms with E-state index in [2.05, 4.69) is 26.0 Å². The zero-order chi connectivity index (χ0) is 30.8. The van der Waals surface area contributed by atoms with Crippen LogP contribution in [0.2, 0.25) is 0 Å². The Balaban J connectivity index is 3.52. The molecule has 5 nitrogen and oxygen atoms in total. The summed E-state index contributed by atoms with van der Waals surface area (Å²) in [5.74, 6) is -0.595. The number of carbonyl (C=O) groups is 2. The van der Waals surface area contributed by atoms with Crippen LogP contribution in [0.25, 0.3) is 0 Å². The van der Waals surface area contributed by atoms with Crippen molar-refractivity contribution in [2.45, 2.75) is 200 Å². The van der Waals surface area contributed by atoms with E-state index in [0.29, 0.717) is 12.8 Å². The average molecular weight is 595 g/mol. The summed E-state index contributed by atoms with van der Waals surface area (Å²) in [6, 6.07) is 0. The number of unbranched alkanes of at least 4 members (excludes halogenated alkanes) is 23. The molecule has 1 atom stereocenters. The van der Waals surface area contributed by atoms with Gasteiger partial charge in [0.05, 0.1) is 6.61 Å².